The molecule has 23 heavy (non-hydrogen) atoms. The van der Waals surface area contributed by atoms with Gasteiger partial charge >= 0.3 is 0 Å². The summed E-state index contributed by atoms with van der Waals surface area (Å²) in [6, 6.07) is 9.98. The molecule has 2 fully saturated rings. The smallest absolute Gasteiger partial charge is 0.223 e. The van der Waals surface area contributed by atoms with E-state index in [1.807, 2.05) is 18.2 Å². The summed E-state index contributed by atoms with van der Waals surface area (Å²) in [6.45, 7) is 0.881. The number of benzene rings is 1. The van der Waals surface area contributed by atoms with Crippen molar-refractivity contribution < 1.29 is 9.59 Å². The van der Waals surface area contributed by atoms with Crippen LogP contribution in [0, 0.1) is 0 Å². The number of nitrogens with one attached hydrogen (secondary N) is 1. The maximum Gasteiger partial charge on any atom is 0.223 e. The lowest BCUT2D eigenvalue weighted by Crippen LogP contribution is -2.47. The second kappa shape index (κ2) is 8.22. The number of Topliss-reactive ketones (excluding diaryl/α,β-unsaturated/α-hetero) is 1. The fraction of sp³-hybridized carbons (Fsp3) is 0.529. The van der Waals surface area contributed by atoms with Crippen molar-refractivity contribution in [2.45, 2.75) is 30.7 Å². The van der Waals surface area contributed by atoms with Gasteiger partial charge in [0, 0.05) is 24.5 Å². The minimum Gasteiger partial charge on any atom is -0.322 e. The third-order valence-corrected chi connectivity index (χ3v) is 6.39. The molecular weight excluding hydrogens is 328 g/mol. The molecule has 4 nitrogen and oxygen atoms in total. The molecule has 1 unspecified atom stereocenters. The van der Waals surface area contributed by atoms with E-state index in [0.29, 0.717) is 12.3 Å². The monoisotopic (exact) mass is 350 g/mol. The van der Waals surface area contributed by atoms with Crippen LogP contribution in [0.1, 0.15) is 18.4 Å². The fourth-order valence-corrected chi connectivity index (χ4v) is 5.16. The number of aryl methyl sites for hydroxylation is 1. The Balaban J connectivity index is 1.50. The van der Waals surface area contributed by atoms with Gasteiger partial charge < -0.3 is 4.90 Å². The number of ketones is 1. The standard InChI is InChI=1S/C17H22N2O2S2/c20-15(8-4-7-13-5-2-1-3-6-13)19-12-22-11-14(19)16(21)17-18-9-10-23-17/h1-3,5-6,14,17-18H,4,7-12H2/t14-,17?/m0/s1. The highest BCUT2D eigenvalue weighted by atomic mass is 32.2. The van der Waals surface area contributed by atoms with E-state index in [2.05, 4.69) is 17.4 Å². The Hall–Kier alpha value is -0.980. The Kier molecular flexibility index (Phi) is 6.02. The van der Waals surface area contributed by atoms with E-state index < -0.39 is 0 Å². The summed E-state index contributed by atoms with van der Waals surface area (Å²) in [5.41, 5.74) is 1.26. The van der Waals surface area contributed by atoms with Crippen LogP contribution in [0.3, 0.4) is 0 Å². The average molecular weight is 351 g/mol. The Morgan fingerprint density at radius 1 is 1.26 bits per heavy atom. The quantitative estimate of drug-likeness (QED) is 0.852. The lowest BCUT2D eigenvalue weighted by Gasteiger charge is -2.24. The molecule has 1 N–H and O–H groups in total. The van der Waals surface area contributed by atoms with Crippen molar-refractivity contribution >= 4 is 35.2 Å². The summed E-state index contributed by atoms with van der Waals surface area (Å²) >= 11 is 3.34. The highest BCUT2D eigenvalue weighted by Gasteiger charge is 2.38. The van der Waals surface area contributed by atoms with Crippen molar-refractivity contribution in [3.63, 3.8) is 0 Å². The molecule has 2 aliphatic heterocycles. The second-order valence-electron chi connectivity index (χ2n) is 5.83. The maximum atomic E-state index is 12.6. The SMILES string of the molecule is O=C(C1NCCS1)[C@@H]1CSCN1C(=O)CCCc1ccccc1. The van der Waals surface area contributed by atoms with Gasteiger partial charge in [0.1, 0.15) is 11.4 Å². The van der Waals surface area contributed by atoms with E-state index in [1.54, 1.807) is 28.4 Å². The summed E-state index contributed by atoms with van der Waals surface area (Å²) in [4.78, 5) is 26.9. The molecule has 0 aromatic heterocycles. The van der Waals surface area contributed by atoms with Gasteiger partial charge in [0.2, 0.25) is 5.91 Å². The molecule has 0 bridgehead atoms. The van der Waals surface area contributed by atoms with Crippen LogP contribution in [0.2, 0.25) is 0 Å². The van der Waals surface area contributed by atoms with Gasteiger partial charge in [-0.25, -0.2) is 0 Å². The van der Waals surface area contributed by atoms with Crippen molar-refractivity contribution in [3.05, 3.63) is 35.9 Å². The van der Waals surface area contributed by atoms with Crippen LogP contribution in [-0.2, 0) is 16.0 Å². The molecule has 2 heterocycles. The highest BCUT2D eigenvalue weighted by Crippen LogP contribution is 2.27. The van der Waals surface area contributed by atoms with Gasteiger partial charge in [-0.2, -0.15) is 0 Å². The van der Waals surface area contributed by atoms with E-state index in [1.165, 1.54) is 5.56 Å². The van der Waals surface area contributed by atoms with Crippen molar-refractivity contribution in [3.8, 4) is 0 Å². The molecule has 0 saturated carbocycles. The third-order valence-electron chi connectivity index (χ3n) is 4.20. The zero-order valence-corrected chi connectivity index (χ0v) is 14.7. The summed E-state index contributed by atoms with van der Waals surface area (Å²) in [6.07, 6.45) is 2.26. The highest BCUT2D eigenvalue weighted by molar-refractivity contribution is 8.01. The molecule has 2 atom stereocenters. The summed E-state index contributed by atoms with van der Waals surface area (Å²) in [7, 11) is 0. The Labute approximate surface area is 145 Å². The topological polar surface area (TPSA) is 49.4 Å². The maximum absolute atomic E-state index is 12.6. The van der Waals surface area contributed by atoms with E-state index in [0.717, 1.165) is 30.9 Å². The van der Waals surface area contributed by atoms with E-state index >= 15 is 0 Å². The molecule has 1 aromatic carbocycles. The van der Waals surface area contributed by atoms with Crippen molar-refractivity contribution in [1.29, 1.82) is 0 Å². The molecule has 124 valence electrons. The number of thioether (sulfide) groups is 2. The largest absolute Gasteiger partial charge is 0.322 e. The van der Waals surface area contributed by atoms with Gasteiger partial charge in [-0.05, 0) is 18.4 Å². The number of amides is 1. The number of carbonyl (C=O) groups excluding carboxylic acids is 2. The number of nitrogens with zero attached hydrogens (tertiary/aromatic N) is 1. The number of carbonyl (C=O) groups is 2. The van der Waals surface area contributed by atoms with Crippen LogP contribution in [-0.4, -0.2) is 51.9 Å². The first kappa shape index (κ1) is 16.9. The predicted octanol–water partition coefficient (Wildman–Crippen LogP) is 2.14. The molecule has 0 radical (unpaired) electrons. The van der Waals surface area contributed by atoms with Crippen molar-refractivity contribution in [2.75, 3.05) is 23.9 Å². The van der Waals surface area contributed by atoms with Crippen LogP contribution in [0.15, 0.2) is 30.3 Å². The number of rotatable bonds is 6. The number of hydrogen-bond acceptors (Lipinski definition) is 5. The lowest BCUT2D eigenvalue weighted by molar-refractivity contribution is -0.137. The zero-order valence-electron chi connectivity index (χ0n) is 13.1. The van der Waals surface area contributed by atoms with Crippen LogP contribution in [0.5, 0.6) is 0 Å². The minimum atomic E-state index is -0.243. The van der Waals surface area contributed by atoms with Crippen LogP contribution in [0.25, 0.3) is 0 Å². The molecule has 1 aromatic rings. The molecule has 6 heteroatoms. The Morgan fingerprint density at radius 3 is 2.83 bits per heavy atom. The van der Waals surface area contributed by atoms with E-state index in [4.69, 9.17) is 0 Å². The van der Waals surface area contributed by atoms with Crippen LogP contribution < -0.4 is 5.32 Å². The predicted molar refractivity (Wildman–Crippen MR) is 96.6 cm³/mol. The van der Waals surface area contributed by atoms with Gasteiger partial charge in [-0.1, -0.05) is 30.3 Å². The molecule has 2 saturated heterocycles. The minimum absolute atomic E-state index is 0.118. The van der Waals surface area contributed by atoms with Crippen molar-refractivity contribution in [2.24, 2.45) is 0 Å². The summed E-state index contributed by atoms with van der Waals surface area (Å²) in [5, 5.41) is 3.10. The van der Waals surface area contributed by atoms with Gasteiger partial charge in [-0.3, -0.25) is 14.9 Å². The molecule has 1 amide bonds. The molecule has 2 aliphatic rings. The van der Waals surface area contributed by atoms with Crippen LogP contribution in [0.4, 0.5) is 0 Å². The normalized spacial score (nSPS) is 24.1. The lowest BCUT2D eigenvalue weighted by atomic mass is 10.1. The first-order chi connectivity index (χ1) is 11.3. The van der Waals surface area contributed by atoms with Gasteiger partial charge in [0.05, 0.1) is 5.88 Å². The first-order valence-electron chi connectivity index (χ1n) is 8.05. The molecule has 0 spiro atoms. The molecule has 0 aliphatic carbocycles. The fourth-order valence-electron chi connectivity index (χ4n) is 2.94. The van der Waals surface area contributed by atoms with E-state index in [9.17, 15) is 9.59 Å². The van der Waals surface area contributed by atoms with Gasteiger partial charge in [0.15, 0.2) is 5.78 Å². The summed E-state index contributed by atoms with van der Waals surface area (Å²) in [5.74, 6) is 2.66. The molecule has 3 rings (SSSR count). The van der Waals surface area contributed by atoms with E-state index in [-0.39, 0.29) is 23.1 Å². The average Bonchev–Trinajstić information content (AvgIpc) is 3.27. The molecular formula is C17H22N2O2S2. The Bertz CT molecular complexity index is 547. The van der Waals surface area contributed by atoms with Gasteiger partial charge in [-0.15, -0.1) is 23.5 Å². The summed E-state index contributed by atoms with van der Waals surface area (Å²) < 4.78 is 0. The van der Waals surface area contributed by atoms with Gasteiger partial charge in [0.25, 0.3) is 0 Å². The second-order valence-corrected chi connectivity index (χ2v) is 8.04. The van der Waals surface area contributed by atoms with Crippen LogP contribution >= 0.6 is 23.5 Å². The zero-order chi connectivity index (χ0) is 16.1. The Morgan fingerprint density at radius 2 is 2.09 bits per heavy atom. The first-order valence-corrected chi connectivity index (χ1v) is 10.3. The van der Waals surface area contributed by atoms with Crippen molar-refractivity contribution in [1.82, 2.24) is 10.2 Å². The number of hydrogen-bond donors (Lipinski definition) is 1. The third kappa shape index (κ3) is 4.31.